The van der Waals surface area contributed by atoms with E-state index in [1.54, 1.807) is 0 Å². The number of hydrogen-bond donors (Lipinski definition) is 1. The van der Waals surface area contributed by atoms with Gasteiger partial charge in [-0.05, 0) is 24.0 Å². The van der Waals surface area contributed by atoms with Crippen molar-refractivity contribution in [2.75, 3.05) is 11.9 Å². The van der Waals surface area contributed by atoms with Crippen molar-refractivity contribution < 1.29 is 4.42 Å². The molecule has 0 amide bonds. The molecule has 0 aliphatic rings. The van der Waals surface area contributed by atoms with E-state index >= 15 is 0 Å². The molecule has 2 rings (SSSR count). The highest BCUT2D eigenvalue weighted by Crippen LogP contribution is 2.24. The van der Waals surface area contributed by atoms with Crippen molar-refractivity contribution in [1.29, 1.82) is 5.26 Å². The summed E-state index contributed by atoms with van der Waals surface area (Å²) in [5, 5.41) is 12.3. The number of oxazole rings is 1. The summed E-state index contributed by atoms with van der Waals surface area (Å²) in [6.45, 7) is 8.95. The number of aryl methyl sites for hydroxylation is 1. The average Bonchev–Trinajstić information content (AvgIpc) is 2.88. The predicted molar refractivity (Wildman–Crippen MR) is 83.4 cm³/mol. The normalized spacial score (nSPS) is 12.2. The summed E-state index contributed by atoms with van der Waals surface area (Å²) >= 11 is 0. The second-order valence-electron chi connectivity index (χ2n) is 5.63. The predicted octanol–water partition coefficient (Wildman–Crippen LogP) is 4.19. The van der Waals surface area contributed by atoms with E-state index in [-0.39, 0.29) is 5.92 Å². The Morgan fingerprint density at radius 1 is 1.29 bits per heavy atom. The zero-order valence-electron chi connectivity index (χ0n) is 13.0. The van der Waals surface area contributed by atoms with E-state index in [1.807, 2.05) is 26.0 Å². The van der Waals surface area contributed by atoms with Crippen molar-refractivity contribution >= 4 is 5.88 Å². The SMILES string of the molecule is Cc1ccccc1C(C)CNc1oc(C(C)C)nc1C#N. The van der Waals surface area contributed by atoms with E-state index in [0.717, 1.165) is 0 Å². The third-order valence-corrected chi connectivity index (χ3v) is 3.53. The minimum absolute atomic E-state index is 0.168. The Morgan fingerprint density at radius 3 is 2.62 bits per heavy atom. The minimum Gasteiger partial charge on any atom is -0.424 e. The summed E-state index contributed by atoms with van der Waals surface area (Å²) in [6.07, 6.45) is 0. The van der Waals surface area contributed by atoms with Gasteiger partial charge in [-0.3, -0.25) is 0 Å². The third-order valence-electron chi connectivity index (χ3n) is 3.53. The number of hydrogen-bond acceptors (Lipinski definition) is 4. The Hall–Kier alpha value is -2.28. The smallest absolute Gasteiger partial charge is 0.232 e. The van der Waals surface area contributed by atoms with Gasteiger partial charge in [-0.25, -0.2) is 4.98 Å². The van der Waals surface area contributed by atoms with Gasteiger partial charge in [-0.1, -0.05) is 45.0 Å². The molecule has 4 heteroatoms. The molecule has 4 nitrogen and oxygen atoms in total. The molecule has 1 unspecified atom stereocenters. The maximum atomic E-state index is 9.13. The van der Waals surface area contributed by atoms with Crippen LogP contribution in [-0.2, 0) is 0 Å². The van der Waals surface area contributed by atoms with E-state index in [9.17, 15) is 0 Å². The zero-order valence-corrected chi connectivity index (χ0v) is 13.0. The van der Waals surface area contributed by atoms with Crippen LogP contribution in [0.4, 0.5) is 5.88 Å². The highest BCUT2D eigenvalue weighted by Gasteiger charge is 2.16. The van der Waals surface area contributed by atoms with Crippen LogP contribution in [-0.4, -0.2) is 11.5 Å². The zero-order chi connectivity index (χ0) is 15.4. The molecular formula is C17H21N3O. The number of anilines is 1. The fourth-order valence-corrected chi connectivity index (χ4v) is 2.27. The van der Waals surface area contributed by atoms with Gasteiger partial charge >= 0.3 is 0 Å². The second kappa shape index (κ2) is 6.45. The van der Waals surface area contributed by atoms with Crippen LogP contribution in [0.15, 0.2) is 28.7 Å². The van der Waals surface area contributed by atoms with Gasteiger partial charge in [0.05, 0.1) is 0 Å². The van der Waals surface area contributed by atoms with Crippen LogP contribution in [0.2, 0.25) is 0 Å². The summed E-state index contributed by atoms with van der Waals surface area (Å²) in [7, 11) is 0. The standard InChI is InChI=1S/C17H21N3O/c1-11(2)16-20-15(9-18)17(21-16)19-10-13(4)14-8-6-5-7-12(14)3/h5-8,11,13,19H,10H2,1-4H3. The van der Waals surface area contributed by atoms with Crippen LogP contribution in [0, 0.1) is 18.3 Å². The summed E-state index contributed by atoms with van der Waals surface area (Å²) in [5.41, 5.74) is 2.90. The Balaban J connectivity index is 2.10. The topological polar surface area (TPSA) is 61.9 Å². The monoisotopic (exact) mass is 283 g/mol. The molecule has 0 aliphatic heterocycles. The molecule has 0 saturated heterocycles. The average molecular weight is 283 g/mol. The van der Waals surface area contributed by atoms with E-state index < -0.39 is 0 Å². The summed E-state index contributed by atoms with van der Waals surface area (Å²) < 4.78 is 5.64. The van der Waals surface area contributed by atoms with Gasteiger partial charge in [0.1, 0.15) is 6.07 Å². The molecule has 0 fully saturated rings. The Labute approximate surface area is 125 Å². The van der Waals surface area contributed by atoms with Crippen molar-refractivity contribution in [1.82, 2.24) is 4.98 Å². The third kappa shape index (κ3) is 3.43. The Bertz CT molecular complexity index is 652. The molecule has 1 aromatic heterocycles. The van der Waals surface area contributed by atoms with Crippen molar-refractivity contribution in [2.24, 2.45) is 0 Å². The molecule has 0 radical (unpaired) electrons. The molecule has 1 N–H and O–H groups in total. The van der Waals surface area contributed by atoms with Crippen LogP contribution in [0.1, 0.15) is 55.3 Å². The Morgan fingerprint density at radius 2 is 2.00 bits per heavy atom. The van der Waals surface area contributed by atoms with Crippen LogP contribution in [0.25, 0.3) is 0 Å². The second-order valence-corrected chi connectivity index (χ2v) is 5.63. The van der Waals surface area contributed by atoms with E-state index in [4.69, 9.17) is 9.68 Å². The molecule has 0 bridgehead atoms. The van der Waals surface area contributed by atoms with Gasteiger partial charge in [0, 0.05) is 12.5 Å². The first-order valence-corrected chi connectivity index (χ1v) is 7.23. The van der Waals surface area contributed by atoms with Crippen molar-refractivity contribution in [3.8, 4) is 6.07 Å². The highest BCUT2D eigenvalue weighted by atomic mass is 16.4. The first kappa shape index (κ1) is 15.1. The lowest BCUT2D eigenvalue weighted by Crippen LogP contribution is -2.11. The molecule has 1 atom stereocenters. The lowest BCUT2D eigenvalue weighted by atomic mass is 9.96. The van der Waals surface area contributed by atoms with Crippen molar-refractivity contribution in [3.63, 3.8) is 0 Å². The lowest BCUT2D eigenvalue weighted by molar-refractivity contribution is 0.479. The first-order valence-electron chi connectivity index (χ1n) is 7.23. The van der Waals surface area contributed by atoms with Crippen LogP contribution in [0.3, 0.4) is 0 Å². The molecule has 21 heavy (non-hydrogen) atoms. The summed E-state index contributed by atoms with van der Waals surface area (Å²) in [5.74, 6) is 1.56. The van der Waals surface area contributed by atoms with Crippen molar-refractivity contribution in [3.05, 3.63) is 47.0 Å². The molecule has 0 aliphatic carbocycles. The van der Waals surface area contributed by atoms with Crippen molar-refractivity contribution in [2.45, 2.75) is 39.5 Å². The summed E-state index contributed by atoms with van der Waals surface area (Å²) in [6, 6.07) is 10.4. The largest absolute Gasteiger partial charge is 0.424 e. The molecule has 1 aromatic carbocycles. The molecule has 0 saturated carbocycles. The van der Waals surface area contributed by atoms with Gasteiger partial charge in [0.25, 0.3) is 0 Å². The van der Waals surface area contributed by atoms with Gasteiger partial charge in [0.15, 0.2) is 0 Å². The van der Waals surface area contributed by atoms with Gasteiger partial charge in [-0.15, -0.1) is 0 Å². The first-order chi connectivity index (χ1) is 10.0. The fourth-order valence-electron chi connectivity index (χ4n) is 2.27. The number of nitriles is 1. The number of nitrogens with zero attached hydrogens (tertiary/aromatic N) is 2. The molecular weight excluding hydrogens is 262 g/mol. The highest BCUT2D eigenvalue weighted by molar-refractivity contribution is 5.46. The number of nitrogens with one attached hydrogen (secondary N) is 1. The molecule has 2 aromatic rings. The van der Waals surface area contributed by atoms with Gasteiger partial charge in [0.2, 0.25) is 17.5 Å². The number of rotatable bonds is 5. The number of benzene rings is 1. The van der Waals surface area contributed by atoms with E-state index in [0.29, 0.717) is 29.9 Å². The maximum absolute atomic E-state index is 9.13. The van der Waals surface area contributed by atoms with E-state index in [2.05, 4.69) is 42.4 Å². The molecule has 1 heterocycles. The van der Waals surface area contributed by atoms with E-state index in [1.165, 1.54) is 11.1 Å². The van der Waals surface area contributed by atoms with Crippen LogP contribution < -0.4 is 5.32 Å². The van der Waals surface area contributed by atoms with Crippen LogP contribution >= 0.6 is 0 Å². The molecule has 0 spiro atoms. The van der Waals surface area contributed by atoms with Gasteiger partial charge < -0.3 is 9.73 Å². The minimum atomic E-state index is 0.168. The van der Waals surface area contributed by atoms with Gasteiger partial charge in [-0.2, -0.15) is 5.26 Å². The number of aromatic nitrogens is 1. The quantitative estimate of drug-likeness (QED) is 0.893. The fraction of sp³-hybridized carbons (Fsp3) is 0.412. The maximum Gasteiger partial charge on any atom is 0.232 e. The Kier molecular flexibility index (Phi) is 4.64. The molecule has 110 valence electrons. The van der Waals surface area contributed by atoms with Crippen LogP contribution in [0.5, 0.6) is 0 Å². The lowest BCUT2D eigenvalue weighted by Gasteiger charge is -2.15. The summed E-state index contributed by atoms with van der Waals surface area (Å²) in [4.78, 5) is 4.21.